The van der Waals surface area contributed by atoms with Gasteiger partial charge in [0.1, 0.15) is 12.4 Å². The van der Waals surface area contributed by atoms with Crippen molar-refractivity contribution < 1.29 is 19.2 Å². The Balaban J connectivity index is 2.11. The van der Waals surface area contributed by atoms with E-state index in [-0.39, 0.29) is 12.3 Å². The largest absolute Gasteiger partial charge is 0.488 e. The first-order valence-electron chi connectivity index (χ1n) is 6.93. The molecule has 2 rings (SSSR count). The van der Waals surface area contributed by atoms with Gasteiger partial charge in [-0.3, -0.25) is 10.1 Å². The van der Waals surface area contributed by atoms with E-state index < -0.39 is 11.0 Å². The highest BCUT2D eigenvalue weighted by molar-refractivity contribution is 5.84. The van der Waals surface area contributed by atoms with Crippen LogP contribution in [0.2, 0.25) is 0 Å². The summed E-state index contributed by atoms with van der Waals surface area (Å²) in [5, 5.41) is 14.7. The van der Waals surface area contributed by atoms with Crippen molar-refractivity contribution in [2.45, 2.75) is 6.61 Å². The Morgan fingerprint density at radius 2 is 1.96 bits per heavy atom. The van der Waals surface area contributed by atoms with E-state index in [0.717, 1.165) is 0 Å². The predicted octanol–water partition coefficient (Wildman–Crippen LogP) is 2.86. The van der Waals surface area contributed by atoms with E-state index in [0.29, 0.717) is 16.9 Å². The third kappa shape index (κ3) is 4.54. The van der Waals surface area contributed by atoms with Crippen molar-refractivity contribution in [3.8, 4) is 5.75 Å². The van der Waals surface area contributed by atoms with Crippen LogP contribution in [0.5, 0.6) is 5.75 Å². The number of methoxy groups -OCH3 is 1. The molecule has 1 N–H and O–H groups in total. The number of carbonyl (C=O) groups is 1. The molecular weight excluding hydrogens is 314 g/mol. The molecule has 0 fully saturated rings. The first-order chi connectivity index (χ1) is 11.6. The number of nitrogens with zero attached hydrogens (tertiary/aromatic N) is 2. The minimum Gasteiger partial charge on any atom is -0.488 e. The first-order valence-corrected chi connectivity index (χ1v) is 6.93. The fourth-order valence-corrected chi connectivity index (χ4v) is 1.89. The van der Waals surface area contributed by atoms with Crippen LogP contribution < -0.4 is 10.2 Å². The van der Waals surface area contributed by atoms with Crippen LogP contribution in [0.3, 0.4) is 0 Å². The third-order valence-electron chi connectivity index (χ3n) is 3.04. The molecule has 0 aliphatic heterocycles. The molecule has 124 valence electrons. The third-order valence-corrected chi connectivity index (χ3v) is 3.04. The summed E-state index contributed by atoms with van der Waals surface area (Å²) < 4.78 is 10.1. The summed E-state index contributed by atoms with van der Waals surface area (Å²) in [6.07, 6.45) is 0.704. The van der Waals surface area contributed by atoms with Crippen LogP contribution in [0, 0.1) is 10.1 Å². The SMILES string of the molecule is COC(=O)N/N=C\c1ccccc1OCc1ccccc1[N+](=O)[O-]. The van der Waals surface area contributed by atoms with Gasteiger partial charge < -0.3 is 9.47 Å². The Bertz CT molecular complexity index is 761. The summed E-state index contributed by atoms with van der Waals surface area (Å²) in [7, 11) is 1.23. The topological polar surface area (TPSA) is 103 Å². The number of nitrogens with one attached hydrogen (secondary N) is 1. The van der Waals surface area contributed by atoms with Crippen LogP contribution in [0.25, 0.3) is 0 Å². The number of ether oxygens (including phenoxy) is 2. The van der Waals surface area contributed by atoms with E-state index >= 15 is 0 Å². The van der Waals surface area contributed by atoms with Gasteiger partial charge in [-0.2, -0.15) is 5.10 Å². The molecule has 0 atom stereocenters. The van der Waals surface area contributed by atoms with Crippen LogP contribution >= 0.6 is 0 Å². The average molecular weight is 329 g/mol. The fourth-order valence-electron chi connectivity index (χ4n) is 1.89. The van der Waals surface area contributed by atoms with Gasteiger partial charge in [-0.1, -0.05) is 24.3 Å². The Labute approximate surface area is 137 Å². The molecule has 0 radical (unpaired) electrons. The fraction of sp³-hybridized carbons (Fsp3) is 0.125. The van der Waals surface area contributed by atoms with E-state index in [2.05, 4.69) is 15.3 Å². The molecule has 24 heavy (non-hydrogen) atoms. The Hall–Kier alpha value is -3.42. The van der Waals surface area contributed by atoms with Gasteiger partial charge >= 0.3 is 6.09 Å². The summed E-state index contributed by atoms with van der Waals surface area (Å²) in [4.78, 5) is 21.5. The van der Waals surface area contributed by atoms with Crippen LogP contribution in [0.15, 0.2) is 53.6 Å². The van der Waals surface area contributed by atoms with E-state index in [1.165, 1.54) is 19.4 Å². The molecule has 0 saturated heterocycles. The molecular formula is C16H15N3O5. The summed E-state index contributed by atoms with van der Waals surface area (Å²) in [6, 6.07) is 13.3. The van der Waals surface area contributed by atoms with Crippen molar-refractivity contribution >= 4 is 18.0 Å². The number of nitro groups is 1. The second-order valence-corrected chi connectivity index (χ2v) is 4.57. The van der Waals surface area contributed by atoms with E-state index in [9.17, 15) is 14.9 Å². The van der Waals surface area contributed by atoms with Gasteiger partial charge in [-0.25, -0.2) is 10.2 Å². The number of hydrogen-bond acceptors (Lipinski definition) is 6. The highest BCUT2D eigenvalue weighted by Gasteiger charge is 2.13. The maximum absolute atomic E-state index is 11.0. The van der Waals surface area contributed by atoms with Crippen LogP contribution in [0.1, 0.15) is 11.1 Å². The van der Waals surface area contributed by atoms with Crippen LogP contribution in [-0.2, 0) is 11.3 Å². The lowest BCUT2D eigenvalue weighted by molar-refractivity contribution is -0.385. The first kappa shape index (κ1) is 16.9. The lowest BCUT2D eigenvalue weighted by Gasteiger charge is -2.09. The lowest BCUT2D eigenvalue weighted by Crippen LogP contribution is -2.16. The standard InChI is InChI=1S/C16H15N3O5/c1-23-16(20)18-17-10-12-6-3-5-9-15(12)24-11-13-7-2-4-8-14(13)19(21)22/h2-10H,11H2,1H3,(H,18,20)/b17-10-. The molecule has 8 heteroatoms. The highest BCUT2D eigenvalue weighted by Crippen LogP contribution is 2.22. The molecule has 0 bridgehead atoms. The lowest BCUT2D eigenvalue weighted by atomic mass is 10.2. The van der Waals surface area contributed by atoms with Crippen molar-refractivity contribution in [1.29, 1.82) is 0 Å². The summed E-state index contributed by atoms with van der Waals surface area (Å²) in [6.45, 7) is 0.0342. The molecule has 8 nitrogen and oxygen atoms in total. The van der Waals surface area contributed by atoms with Crippen molar-refractivity contribution in [3.05, 3.63) is 69.8 Å². The molecule has 0 aliphatic carbocycles. The number of para-hydroxylation sites is 2. The Kier molecular flexibility index (Phi) is 5.84. The number of amides is 1. The smallest absolute Gasteiger partial charge is 0.427 e. The summed E-state index contributed by atoms with van der Waals surface area (Å²) in [5.74, 6) is 0.478. The normalized spacial score (nSPS) is 10.4. The summed E-state index contributed by atoms with van der Waals surface area (Å²) in [5.41, 5.74) is 3.23. The van der Waals surface area contributed by atoms with Gasteiger partial charge in [0, 0.05) is 11.6 Å². The van der Waals surface area contributed by atoms with Crippen LogP contribution in [-0.4, -0.2) is 24.3 Å². The zero-order valence-corrected chi connectivity index (χ0v) is 12.8. The minimum absolute atomic E-state index is 0.00370. The monoisotopic (exact) mass is 329 g/mol. The number of hydrazone groups is 1. The number of hydrogen-bond donors (Lipinski definition) is 1. The number of nitro benzene ring substituents is 1. The average Bonchev–Trinajstić information content (AvgIpc) is 2.60. The number of carbonyl (C=O) groups excluding carboxylic acids is 1. The molecule has 2 aromatic carbocycles. The van der Waals surface area contributed by atoms with E-state index in [1.54, 1.807) is 42.5 Å². The van der Waals surface area contributed by atoms with E-state index in [1.807, 2.05) is 0 Å². The van der Waals surface area contributed by atoms with Crippen molar-refractivity contribution in [2.75, 3.05) is 7.11 Å². The van der Waals surface area contributed by atoms with E-state index in [4.69, 9.17) is 4.74 Å². The number of benzene rings is 2. The maximum Gasteiger partial charge on any atom is 0.427 e. The predicted molar refractivity (Wildman–Crippen MR) is 87.0 cm³/mol. The van der Waals surface area contributed by atoms with Crippen molar-refractivity contribution in [1.82, 2.24) is 5.43 Å². The zero-order chi connectivity index (χ0) is 17.4. The van der Waals surface area contributed by atoms with Gasteiger partial charge in [0.05, 0.1) is 23.8 Å². The van der Waals surface area contributed by atoms with Gasteiger partial charge in [0.2, 0.25) is 0 Å². The highest BCUT2D eigenvalue weighted by atomic mass is 16.6. The molecule has 0 unspecified atom stereocenters. The van der Waals surface area contributed by atoms with Gasteiger partial charge in [-0.15, -0.1) is 0 Å². The second kappa shape index (κ2) is 8.28. The molecule has 1 amide bonds. The van der Waals surface area contributed by atoms with Gasteiger partial charge in [0.15, 0.2) is 0 Å². The Morgan fingerprint density at radius 1 is 1.25 bits per heavy atom. The van der Waals surface area contributed by atoms with Crippen LogP contribution in [0.4, 0.5) is 10.5 Å². The Morgan fingerprint density at radius 3 is 2.71 bits per heavy atom. The molecule has 0 heterocycles. The molecule has 0 aromatic heterocycles. The molecule has 0 saturated carbocycles. The molecule has 0 aliphatic rings. The number of rotatable bonds is 6. The second-order valence-electron chi connectivity index (χ2n) is 4.57. The van der Waals surface area contributed by atoms with Gasteiger partial charge in [-0.05, 0) is 18.2 Å². The molecule has 2 aromatic rings. The quantitative estimate of drug-likeness (QED) is 0.498. The maximum atomic E-state index is 11.0. The van der Waals surface area contributed by atoms with Crippen molar-refractivity contribution in [3.63, 3.8) is 0 Å². The summed E-state index contributed by atoms with van der Waals surface area (Å²) >= 11 is 0. The zero-order valence-electron chi connectivity index (χ0n) is 12.8. The molecule has 0 spiro atoms. The minimum atomic E-state index is -0.690. The van der Waals surface area contributed by atoms with Gasteiger partial charge in [0.25, 0.3) is 5.69 Å². The van der Waals surface area contributed by atoms with Crippen molar-refractivity contribution in [2.24, 2.45) is 5.10 Å².